The van der Waals surface area contributed by atoms with E-state index >= 15 is 0 Å². The van der Waals surface area contributed by atoms with Crippen LogP contribution in [0.5, 0.6) is 0 Å². The maximum Gasteiger partial charge on any atom is 0.164 e. The van der Waals surface area contributed by atoms with Crippen molar-refractivity contribution in [3.63, 3.8) is 0 Å². The molecule has 0 aliphatic rings. The largest absolute Gasteiger partial charge is 0.233 e. The second kappa shape index (κ2) is 6.13. The van der Waals surface area contributed by atoms with E-state index in [2.05, 4.69) is 41.5 Å². The summed E-state index contributed by atoms with van der Waals surface area (Å²) in [5.74, 6) is 0. The van der Waals surface area contributed by atoms with E-state index in [0.717, 1.165) is 39.5 Å². The highest BCUT2D eigenvalue weighted by Gasteiger charge is 2.15. The van der Waals surface area contributed by atoms with Crippen LogP contribution in [0.3, 0.4) is 0 Å². The highest BCUT2D eigenvalue weighted by molar-refractivity contribution is 7.80. The van der Waals surface area contributed by atoms with Crippen LogP contribution in [0.4, 0.5) is 0 Å². The molecule has 0 spiro atoms. The zero-order valence-electron chi connectivity index (χ0n) is 13.3. The van der Waals surface area contributed by atoms with E-state index in [9.17, 15) is 0 Å². The lowest BCUT2D eigenvalue weighted by Gasteiger charge is -2.11. The van der Waals surface area contributed by atoms with Crippen molar-refractivity contribution in [2.75, 3.05) is 0 Å². The zero-order valence-corrected chi connectivity index (χ0v) is 14.2. The molecule has 0 saturated heterocycles. The van der Waals surface area contributed by atoms with Crippen LogP contribution in [0.25, 0.3) is 16.8 Å². The zero-order chi connectivity index (χ0) is 16.5. The minimum absolute atomic E-state index is 0.801. The lowest BCUT2D eigenvalue weighted by molar-refractivity contribution is 0.805. The molecule has 4 rings (SSSR count). The van der Waals surface area contributed by atoms with E-state index in [4.69, 9.17) is 17.6 Å². The van der Waals surface area contributed by atoms with E-state index in [1.54, 1.807) is 0 Å². The molecule has 3 nitrogen and oxygen atoms in total. The summed E-state index contributed by atoms with van der Waals surface area (Å²) >= 11 is 4.75. The Balaban J connectivity index is 1.85. The van der Waals surface area contributed by atoms with Crippen LogP contribution in [-0.4, -0.2) is 14.6 Å². The molecule has 2 aromatic heterocycles. The molecule has 4 heteroatoms. The van der Waals surface area contributed by atoms with Gasteiger partial charge in [0.2, 0.25) is 0 Å². The van der Waals surface area contributed by atoms with Crippen molar-refractivity contribution in [3.8, 4) is 11.1 Å². The molecular weight excluding hydrogens is 314 g/mol. The first-order valence-electron chi connectivity index (χ1n) is 7.89. The molecule has 0 aliphatic heterocycles. The normalized spacial score (nSPS) is 11.1. The monoisotopic (exact) mass is 331 g/mol. The predicted molar refractivity (Wildman–Crippen MR) is 99.7 cm³/mol. The summed E-state index contributed by atoms with van der Waals surface area (Å²) in [7, 11) is 0. The third-order valence-corrected chi connectivity index (χ3v) is 4.69. The molecule has 118 valence electrons. The van der Waals surface area contributed by atoms with Gasteiger partial charge in [-0.3, -0.25) is 0 Å². The van der Waals surface area contributed by atoms with Crippen molar-refractivity contribution in [2.24, 2.45) is 0 Å². The number of nitrogens with zero attached hydrogens (tertiary/aromatic N) is 3. The van der Waals surface area contributed by atoms with Crippen LogP contribution in [0.15, 0.2) is 71.9 Å². The summed E-state index contributed by atoms with van der Waals surface area (Å²) in [5.41, 5.74) is 6.34. The molecule has 0 fully saturated rings. The van der Waals surface area contributed by atoms with E-state index in [-0.39, 0.29) is 0 Å². The van der Waals surface area contributed by atoms with E-state index in [1.807, 2.05) is 41.9 Å². The van der Waals surface area contributed by atoms with Gasteiger partial charge in [-0.1, -0.05) is 60.7 Å². The highest BCUT2D eigenvalue weighted by atomic mass is 32.1. The van der Waals surface area contributed by atoms with Crippen molar-refractivity contribution in [2.45, 2.75) is 18.4 Å². The molecule has 0 unspecified atom stereocenters. The molecule has 0 atom stereocenters. The summed E-state index contributed by atoms with van der Waals surface area (Å²) < 4.78 is 1.83. The van der Waals surface area contributed by atoms with Crippen molar-refractivity contribution >= 4 is 18.3 Å². The van der Waals surface area contributed by atoms with E-state index in [1.165, 1.54) is 5.56 Å². The Hall–Kier alpha value is -2.59. The molecule has 0 saturated carbocycles. The molecular formula is C20H17N3S. The fourth-order valence-corrected chi connectivity index (χ4v) is 3.34. The van der Waals surface area contributed by atoms with Gasteiger partial charge in [0, 0.05) is 23.2 Å². The number of rotatable bonds is 3. The maximum absolute atomic E-state index is 4.82. The van der Waals surface area contributed by atoms with Gasteiger partial charge >= 0.3 is 0 Å². The van der Waals surface area contributed by atoms with Crippen molar-refractivity contribution in [3.05, 3.63) is 83.7 Å². The second-order valence-electron chi connectivity index (χ2n) is 5.82. The molecule has 2 heterocycles. The van der Waals surface area contributed by atoms with Gasteiger partial charge in [-0.15, -0.1) is 12.6 Å². The second-order valence-corrected chi connectivity index (χ2v) is 6.25. The van der Waals surface area contributed by atoms with Crippen LogP contribution in [0.2, 0.25) is 0 Å². The molecule has 0 aliphatic carbocycles. The van der Waals surface area contributed by atoms with Gasteiger partial charge < -0.3 is 0 Å². The van der Waals surface area contributed by atoms with Gasteiger partial charge in [-0.2, -0.15) is 5.10 Å². The van der Waals surface area contributed by atoms with Crippen LogP contribution in [-0.2, 0) is 6.42 Å². The molecule has 0 radical (unpaired) electrons. The number of benzene rings is 2. The summed E-state index contributed by atoms with van der Waals surface area (Å²) in [6.07, 6.45) is 2.66. The number of fused-ring (bicyclic) bond motifs is 1. The fraction of sp³-hybridized carbons (Fsp3) is 0.100. The minimum Gasteiger partial charge on any atom is -0.233 e. The number of thiol groups is 1. The lowest BCUT2D eigenvalue weighted by atomic mass is 10.1. The van der Waals surface area contributed by atoms with Gasteiger partial charge in [0.25, 0.3) is 0 Å². The summed E-state index contributed by atoms with van der Waals surface area (Å²) in [4.78, 5) is 4.82. The Morgan fingerprint density at radius 2 is 1.62 bits per heavy atom. The van der Waals surface area contributed by atoms with Gasteiger partial charge in [-0.25, -0.2) is 9.50 Å². The molecule has 24 heavy (non-hydrogen) atoms. The molecule has 4 aromatic rings. The predicted octanol–water partition coefficient (Wildman–Crippen LogP) is 4.58. The fourth-order valence-electron chi connectivity index (χ4n) is 2.95. The topological polar surface area (TPSA) is 30.2 Å². The minimum atomic E-state index is 0.801. The first kappa shape index (κ1) is 15.0. The first-order chi connectivity index (χ1) is 11.7. The Kier molecular flexibility index (Phi) is 3.82. The Labute approximate surface area is 146 Å². The van der Waals surface area contributed by atoms with Gasteiger partial charge in [0.1, 0.15) is 5.03 Å². The Morgan fingerprint density at radius 1 is 0.958 bits per heavy atom. The Bertz CT molecular complexity index is 992. The van der Waals surface area contributed by atoms with Gasteiger partial charge in [0.05, 0.1) is 6.20 Å². The third-order valence-electron chi connectivity index (χ3n) is 4.23. The summed E-state index contributed by atoms with van der Waals surface area (Å²) in [5, 5.41) is 5.37. The smallest absolute Gasteiger partial charge is 0.164 e. The highest BCUT2D eigenvalue weighted by Crippen LogP contribution is 2.28. The summed E-state index contributed by atoms with van der Waals surface area (Å²) in [6.45, 7) is 2.04. The SMILES string of the molecule is Cc1nc2c(-c3ccccc3)cnn2c(S)c1Cc1ccccc1. The van der Waals surface area contributed by atoms with Gasteiger partial charge in [0.15, 0.2) is 5.65 Å². The number of aryl methyl sites for hydroxylation is 1. The van der Waals surface area contributed by atoms with E-state index < -0.39 is 0 Å². The average molecular weight is 331 g/mol. The molecule has 0 N–H and O–H groups in total. The van der Waals surface area contributed by atoms with Crippen LogP contribution >= 0.6 is 12.6 Å². The third kappa shape index (κ3) is 2.59. The van der Waals surface area contributed by atoms with Gasteiger partial charge in [-0.05, 0) is 18.1 Å². The van der Waals surface area contributed by atoms with Crippen LogP contribution in [0.1, 0.15) is 16.8 Å². The summed E-state index contributed by atoms with van der Waals surface area (Å²) in [6, 6.07) is 20.6. The van der Waals surface area contributed by atoms with Crippen molar-refractivity contribution in [1.82, 2.24) is 14.6 Å². The Morgan fingerprint density at radius 3 is 2.33 bits per heavy atom. The van der Waals surface area contributed by atoms with Crippen molar-refractivity contribution in [1.29, 1.82) is 0 Å². The van der Waals surface area contributed by atoms with E-state index in [0.29, 0.717) is 0 Å². The standard InChI is InChI=1S/C20H17N3S/c1-14-17(12-15-8-4-2-5-9-15)20(24)23-19(22-14)18(13-21-23)16-10-6-3-7-11-16/h2-11,13,24H,12H2,1H3. The maximum atomic E-state index is 4.82. The number of hydrogen-bond donors (Lipinski definition) is 1. The molecule has 0 amide bonds. The van der Waals surface area contributed by atoms with Crippen LogP contribution < -0.4 is 0 Å². The number of hydrogen-bond acceptors (Lipinski definition) is 3. The average Bonchev–Trinajstić information content (AvgIpc) is 3.04. The molecule has 2 aromatic carbocycles. The molecule has 0 bridgehead atoms. The van der Waals surface area contributed by atoms with Crippen LogP contribution in [0, 0.1) is 6.92 Å². The first-order valence-corrected chi connectivity index (χ1v) is 8.34. The number of aromatic nitrogens is 3. The quantitative estimate of drug-likeness (QED) is 0.440. The lowest BCUT2D eigenvalue weighted by Crippen LogP contribution is -2.04. The van der Waals surface area contributed by atoms with Crippen molar-refractivity contribution < 1.29 is 0 Å².